The molecule has 0 aromatic heterocycles. The third kappa shape index (κ3) is 1.91. The highest BCUT2D eigenvalue weighted by atomic mass is 16.2. The number of hydrogen-bond donors (Lipinski definition) is 2. The van der Waals surface area contributed by atoms with E-state index in [1.807, 2.05) is 11.9 Å². The molecule has 1 amide bonds. The Morgan fingerprint density at radius 3 is 2.36 bits per heavy atom. The number of rotatable bonds is 2. The summed E-state index contributed by atoms with van der Waals surface area (Å²) in [5.74, 6) is 0.281. The van der Waals surface area contributed by atoms with Crippen LogP contribution < -0.4 is 10.6 Å². The number of nitrogens with zero attached hydrogens (tertiary/aromatic N) is 1. The maximum absolute atomic E-state index is 11.9. The normalized spacial score (nSPS) is 28.2. The molecule has 80 valence electrons. The van der Waals surface area contributed by atoms with E-state index in [-0.39, 0.29) is 11.9 Å². The largest absolute Gasteiger partial charge is 0.341 e. The van der Waals surface area contributed by atoms with Gasteiger partial charge >= 0.3 is 0 Å². The number of hydrogen-bond acceptors (Lipinski definition) is 3. The molecule has 2 rings (SSSR count). The van der Waals surface area contributed by atoms with Crippen molar-refractivity contribution in [3.05, 3.63) is 0 Å². The fourth-order valence-electron chi connectivity index (χ4n) is 2.12. The van der Waals surface area contributed by atoms with Crippen LogP contribution in [0, 0.1) is 0 Å². The molecule has 14 heavy (non-hydrogen) atoms. The molecule has 0 bridgehead atoms. The third-order valence-corrected chi connectivity index (χ3v) is 3.33. The molecule has 2 heterocycles. The minimum Gasteiger partial charge on any atom is -0.341 e. The van der Waals surface area contributed by atoms with Crippen LogP contribution in [0.25, 0.3) is 0 Å². The van der Waals surface area contributed by atoms with Gasteiger partial charge in [-0.25, -0.2) is 0 Å². The molecule has 2 saturated heterocycles. The van der Waals surface area contributed by atoms with Crippen molar-refractivity contribution >= 4 is 5.91 Å². The number of likely N-dealkylation sites (N-methyl/N-ethyl adjacent to an activating group) is 1. The van der Waals surface area contributed by atoms with Gasteiger partial charge in [0.25, 0.3) is 0 Å². The fourth-order valence-corrected chi connectivity index (χ4v) is 2.12. The van der Waals surface area contributed by atoms with E-state index in [0.717, 1.165) is 38.9 Å². The Morgan fingerprint density at radius 1 is 1.21 bits per heavy atom. The zero-order valence-electron chi connectivity index (χ0n) is 8.75. The van der Waals surface area contributed by atoms with Gasteiger partial charge in [0.05, 0.1) is 6.04 Å². The van der Waals surface area contributed by atoms with Crippen LogP contribution >= 0.6 is 0 Å². The molecule has 2 fully saturated rings. The van der Waals surface area contributed by atoms with Crippen LogP contribution in [0.3, 0.4) is 0 Å². The molecular formula is C10H19N3O. The molecule has 0 spiro atoms. The zero-order valence-corrected chi connectivity index (χ0v) is 8.75. The van der Waals surface area contributed by atoms with Gasteiger partial charge in [-0.05, 0) is 38.9 Å². The van der Waals surface area contributed by atoms with Gasteiger partial charge in [-0.3, -0.25) is 4.79 Å². The number of carbonyl (C=O) groups excluding carboxylic acids is 1. The Labute approximate surface area is 85.0 Å². The second kappa shape index (κ2) is 4.28. The Hall–Kier alpha value is -0.610. The standard InChI is InChI=1S/C10H19N3O/c1-13(8-2-5-11-6-3-8)10(14)9-4-7-12-9/h8-9,11-12H,2-7H2,1H3. The van der Waals surface area contributed by atoms with Gasteiger partial charge in [-0.1, -0.05) is 0 Å². The summed E-state index contributed by atoms with van der Waals surface area (Å²) in [6.45, 7) is 3.08. The first-order chi connectivity index (χ1) is 6.79. The van der Waals surface area contributed by atoms with Gasteiger partial charge < -0.3 is 15.5 Å². The van der Waals surface area contributed by atoms with Crippen molar-refractivity contribution in [1.82, 2.24) is 15.5 Å². The molecule has 1 atom stereocenters. The van der Waals surface area contributed by atoms with Crippen molar-refractivity contribution in [2.24, 2.45) is 0 Å². The van der Waals surface area contributed by atoms with Crippen LogP contribution in [0.5, 0.6) is 0 Å². The first-order valence-electron chi connectivity index (χ1n) is 5.50. The fraction of sp³-hybridized carbons (Fsp3) is 0.900. The summed E-state index contributed by atoms with van der Waals surface area (Å²) in [5, 5.41) is 6.47. The minimum atomic E-state index is 0.106. The molecule has 0 aromatic rings. The maximum Gasteiger partial charge on any atom is 0.239 e. The van der Waals surface area contributed by atoms with Crippen molar-refractivity contribution in [1.29, 1.82) is 0 Å². The molecule has 2 aliphatic rings. The van der Waals surface area contributed by atoms with Crippen LogP contribution in [0.4, 0.5) is 0 Å². The molecule has 4 nitrogen and oxygen atoms in total. The summed E-state index contributed by atoms with van der Waals surface area (Å²) in [7, 11) is 1.94. The number of amides is 1. The van der Waals surface area contributed by atoms with Gasteiger partial charge in [0.2, 0.25) is 5.91 Å². The third-order valence-electron chi connectivity index (χ3n) is 3.33. The predicted octanol–water partition coefficient (Wildman–Crippen LogP) is -0.441. The Bertz CT molecular complexity index is 209. The first kappa shape index (κ1) is 9.93. The van der Waals surface area contributed by atoms with E-state index in [2.05, 4.69) is 10.6 Å². The van der Waals surface area contributed by atoms with Gasteiger partial charge in [0.1, 0.15) is 0 Å². The van der Waals surface area contributed by atoms with Crippen molar-refractivity contribution in [3.8, 4) is 0 Å². The molecule has 0 aromatic carbocycles. The summed E-state index contributed by atoms with van der Waals surface area (Å²) in [4.78, 5) is 13.8. The van der Waals surface area contributed by atoms with Crippen molar-refractivity contribution in [3.63, 3.8) is 0 Å². The lowest BCUT2D eigenvalue weighted by molar-refractivity contribution is -0.136. The molecule has 4 heteroatoms. The van der Waals surface area contributed by atoms with Crippen LogP contribution in [0.2, 0.25) is 0 Å². The lowest BCUT2D eigenvalue weighted by atomic mass is 10.0. The molecular weight excluding hydrogens is 178 g/mol. The van der Waals surface area contributed by atoms with E-state index >= 15 is 0 Å². The Kier molecular flexibility index (Phi) is 3.03. The molecule has 0 radical (unpaired) electrons. The molecule has 0 saturated carbocycles. The SMILES string of the molecule is CN(C(=O)C1CCN1)C1CCNCC1. The van der Waals surface area contributed by atoms with Gasteiger partial charge in [-0.15, -0.1) is 0 Å². The van der Waals surface area contributed by atoms with Crippen molar-refractivity contribution in [2.45, 2.75) is 31.3 Å². The van der Waals surface area contributed by atoms with Crippen LogP contribution in [-0.2, 0) is 4.79 Å². The van der Waals surface area contributed by atoms with E-state index in [0.29, 0.717) is 6.04 Å². The van der Waals surface area contributed by atoms with Gasteiger partial charge in [0.15, 0.2) is 0 Å². The number of piperidine rings is 1. The second-order valence-electron chi connectivity index (χ2n) is 4.23. The van der Waals surface area contributed by atoms with Crippen molar-refractivity contribution < 1.29 is 4.79 Å². The average molecular weight is 197 g/mol. The predicted molar refractivity (Wildman–Crippen MR) is 55.1 cm³/mol. The molecule has 0 aliphatic carbocycles. The van der Waals surface area contributed by atoms with Crippen LogP contribution in [-0.4, -0.2) is 49.6 Å². The summed E-state index contributed by atoms with van der Waals surface area (Å²) >= 11 is 0. The van der Waals surface area contributed by atoms with Gasteiger partial charge in [-0.2, -0.15) is 0 Å². The first-order valence-corrected chi connectivity index (χ1v) is 5.50. The maximum atomic E-state index is 11.9. The summed E-state index contributed by atoms with van der Waals surface area (Å²) in [6, 6.07) is 0.557. The number of nitrogens with one attached hydrogen (secondary N) is 2. The van der Waals surface area contributed by atoms with E-state index in [1.54, 1.807) is 0 Å². The van der Waals surface area contributed by atoms with E-state index in [1.165, 1.54) is 0 Å². The topological polar surface area (TPSA) is 44.4 Å². The lowest BCUT2D eigenvalue weighted by Crippen LogP contribution is -2.56. The minimum absolute atomic E-state index is 0.106. The zero-order chi connectivity index (χ0) is 9.97. The molecule has 2 N–H and O–H groups in total. The lowest BCUT2D eigenvalue weighted by Gasteiger charge is -2.36. The Balaban J connectivity index is 1.85. The highest BCUT2D eigenvalue weighted by molar-refractivity contribution is 5.82. The van der Waals surface area contributed by atoms with E-state index in [9.17, 15) is 4.79 Å². The Morgan fingerprint density at radius 2 is 1.86 bits per heavy atom. The highest BCUT2D eigenvalue weighted by Crippen LogP contribution is 2.14. The summed E-state index contributed by atoms with van der Waals surface area (Å²) < 4.78 is 0. The van der Waals surface area contributed by atoms with Gasteiger partial charge in [0, 0.05) is 13.1 Å². The highest BCUT2D eigenvalue weighted by Gasteiger charge is 2.30. The van der Waals surface area contributed by atoms with E-state index < -0.39 is 0 Å². The van der Waals surface area contributed by atoms with Crippen LogP contribution in [0.1, 0.15) is 19.3 Å². The van der Waals surface area contributed by atoms with E-state index in [4.69, 9.17) is 0 Å². The van der Waals surface area contributed by atoms with Crippen LogP contribution in [0.15, 0.2) is 0 Å². The molecule has 2 aliphatic heterocycles. The molecule has 1 unspecified atom stereocenters. The number of carbonyl (C=O) groups is 1. The van der Waals surface area contributed by atoms with Crippen molar-refractivity contribution in [2.75, 3.05) is 26.7 Å². The summed E-state index contributed by atoms with van der Waals surface area (Å²) in [5.41, 5.74) is 0. The monoisotopic (exact) mass is 197 g/mol. The average Bonchev–Trinajstić information content (AvgIpc) is 2.15. The quantitative estimate of drug-likeness (QED) is 0.631. The summed E-state index contributed by atoms with van der Waals surface area (Å²) in [6.07, 6.45) is 3.19. The second-order valence-corrected chi connectivity index (χ2v) is 4.23. The smallest absolute Gasteiger partial charge is 0.239 e.